The van der Waals surface area contributed by atoms with Crippen molar-refractivity contribution in [2.75, 3.05) is 20.8 Å². The Morgan fingerprint density at radius 3 is 2.44 bits per heavy atom. The number of hydrogen-bond donors (Lipinski definition) is 0. The summed E-state index contributed by atoms with van der Waals surface area (Å²) in [5.74, 6) is 0.756. The molecule has 0 saturated carbocycles. The number of hydrogen-bond acceptors (Lipinski definition) is 8. The van der Waals surface area contributed by atoms with E-state index in [0.717, 1.165) is 5.56 Å². The van der Waals surface area contributed by atoms with Crippen molar-refractivity contribution in [1.29, 1.82) is 0 Å². The SMILES string of the molecule is CCOC(=O)C1=C(C)N=c2s/c(=C\c3ccc(OCc4ccc(F)cc4)c(OC)c3)c(=O)n2[C@H]1c1ccc(OC)c(Br)c1. The Morgan fingerprint density at radius 2 is 1.77 bits per heavy atom. The van der Waals surface area contributed by atoms with Gasteiger partial charge in [0.2, 0.25) is 0 Å². The molecule has 1 atom stereocenters. The van der Waals surface area contributed by atoms with Gasteiger partial charge in [0.1, 0.15) is 18.2 Å². The number of esters is 1. The van der Waals surface area contributed by atoms with Crippen LogP contribution in [0.3, 0.4) is 0 Å². The molecule has 1 aliphatic heterocycles. The van der Waals surface area contributed by atoms with E-state index >= 15 is 0 Å². The van der Waals surface area contributed by atoms with Gasteiger partial charge in [0.05, 0.1) is 47.1 Å². The van der Waals surface area contributed by atoms with Gasteiger partial charge in [0.15, 0.2) is 16.3 Å². The fraction of sp³-hybridized carbons (Fsp3) is 0.219. The van der Waals surface area contributed by atoms with Crippen LogP contribution < -0.4 is 29.1 Å². The van der Waals surface area contributed by atoms with Crippen molar-refractivity contribution in [3.8, 4) is 17.2 Å². The van der Waals surface area contributed by atoms with Crippen LogP contribution in [0.2, 0.25) is 0 Å². The van der Waals surface area contributed by atoms with E-state index in [1.165, 1.54) is 35.1 Å². The number of carbonyl (C=O) groups excluding carboxylic acids is 1. The van der Waals surface area contributed by atoms with Gasteiger partial charge >= 0.3 is 5.97 Å². The highest BCUT2D eigenvalue weighted by molar-refractivity contribution is 9.10. The number of thiazole rings is 1. The minimum absolute atomic E-state index is 0.185. The van der Waals surface area contributed by atoms with Crippen LogP contribution in [0.4, 0.5) is 4.39 Å². The van der Waals surface area contributed by atoms with E-state index in [2.05, 4.69) is 20.9 Å². The maximum Gasteiger partial charge on any atom is 0.338 e. The van der Waals surface area contributed by atoms with E-state index in [1.807, 2.05) is 18.2 Å². The van der Waals surface area contributed by atoms with Crippen LogP contribution in [0.15, 0.2) is 86.2 Å². The first-order chi connectivity index (χ1) is 20.7. The second-order valence-corrected chi connectivity index (χ2v) is 11.4. The predicted octanol–water partition coefficient (Wildman–Crippen LogP) is 5.30. The molecule has 0 spiro atoms. The highest BCUT2D eigenvalue weighted by atomic mass is 79.9. The number of nitrogens with zero attached hydrogens (tertiary/aromatic N) is 2. The fourth-order valence-electron chi connectivity index (χ4n) is 4.75. The lowest BCUT2D eigenvalue weighted by Gasteiger charge is -2.25. The van der Waals surface area contributed by atoms with Crippen LogP contribution >= 0.6 is 27.3 Å². The van der Waals surface area contributed by atoms with Gasteiger partial charge in [-0.1, -0.05) is 35.6 Å². The zero-order valence-electron chi connectivity index (χ0n) is 23.9. The molecule has 1 aromatic heterocycles. The standard InChI is InChI=1S/C32H28BrFN2O6S/c1-5-41-31(38)28-18(2)35-32-36(29(28)21-9-13-24(39-3)23(33)16-21)30(37)27(43-32)15-20-8-12-25(26(14-20)40-4)42-17-19-6-10-22(34)11-7-19/h6-16,29H,5,17H2,1-4H3/b27-15-/t29-/m0/s1. The van der Waals surface area contributed by atoms with Crippen LogP contribution in [0.25, 0.3) is 6.08 Å². The Hall–Kier alpha value is -4.22. The van der Waals surface area contributed by atoms with E-state index in [-0.39, 0.29) is 24.6 Å². The lowest BCUT2D eigenvalue weighted by atomic mass is 9.96. The van der Waals surface area contributed by atoms with Crippen molar-refractivity contribution < 1.29 is 28.1 Å². The number of carbonyl (C=O) groups is 1. The summed E-state index contributed by atoms with van der Waals surface area (Å²) >= 11 is 4.75. The molecule has 0 amide bonds. The van der Waals surface area contributed by atoms with Crippen LogP contribution in [0.5, 0.6) is 17.2 Å². The maximum absolute atomic E-state index is 13.9. The molecule has 0 unspecified atom stereocenters. The number of ether oxygens (including phenoxy) is 4. The van der Waals surface area contributed by atoms with E-state index in [1.54, 1.807) is 57.4 Å². The maximum atomic E-state index is 13.9. The van der Waals surface area contributed by atoms with Gasteiger partial charge in [0, 0.05) is 0 Å². The molecule has 11 heteroatoms. The van der Waals surface area contributed by atoms with Crippen LogP contribution in [-0.4, -0.2) is 31.4 Å². The van der Waals surface area contributed by atoms with Crippen molar-refractivity contribution in [1.82, 2.24) is 4.57 Å². The van der Waals surface area contributed by atoms with Crippen LogP contribution in [0.1, 0.15) is 36.6 Å². The van der Waals surface area contributed by atoms with Gasteiger partial charge in [-0.05, 0) is 88.9 Å². The Morgan fingerprint density at radius 1 is 1.05 bits per heavy atom. The quantitative estimate of drug-likeness (QED) is 0.226. The summed E-state index contributed by atoms with van der Waals surface area (Å²) in [4.78, 5) is 32.2. The average Bonchev–Trinajstić information content (AvgIpc) is 3.30. The largest absolute Gasteiger partial charge is 0.496 e. The molecule has 1 aliphatic rings. The Labute approximate surface area is 259 Å². The third-order valence-electron chi connectivity index (χ3n) is 6.80. The van der Waals surface area contributed by atoms with Crippen molar-refractivity contribution in [2.24, 2.45) is 4.99 Å². The van der Waals surface area contributed by atoms with Gasteiger partial charge in [-0.25, -0.2) is 14.2 Å². The molecule has 0 N–H and O–H groups in total. The Balaban J connectivity index is 1.55. The zero-order valence-corrected chi connectivity index (χ0v) is 26.3. The van der Waals surface area contributed by atoms with Crippen molar-refractivity contribution in [3.63, 3.8) is 0 Å². The minimum Gasteiger partial charge on any atom is -0.496 e. The van der Waals surface area contributed by atoms with Crippen molar-refractivity contribution in [2.45, 2.75) is 26.5 Å². The molecular weight excluding hydrogens is 639 g/mol. The van der Waals surface area contributed by atoms with Gasteiger partial charge in [0.25, 0.3) is 5.56 Å². The summed E-state index contributed by atoms with van der Waals surface area (Å²) < 4.78 is 38.1. The molecule has 8 nitrogen and oxygen atoms in total. The molecule has 4 aromatic rings. The van der Waals surface area contributed by atoms with Gasteiger partial charge in [-0.2, -0.15) is 0 Å². The normalized spacial score (nSPS) is 14.7. The number of aromatic nitrogens is 1. The van der Waals surface area contributed by atoms with Crippen LogP contribution in [0, 0.1) is 5.82 Å². The summed E-state index contributed by atoms with van der Waals surface area (Å²) in [5, 5.41) is 0. The lowest BCUT2D eigenvalue weighted by Crippen LogP contribution is -2.39. The summed E-state index contributed by atoms with van der Waals surface area (Å²) in [7, 11) is 3.10. The first kappa shape index (κ1) is 30.2. The van der Waals surface area contributed by atoms with Gasteiger partial charge in [-0.3, -0.25) is 9.36 Å². The van der Waals surface area contributed by atoms with E-state index in [9.17, 15) is 14.0 Å². The monoisotopic (exact) mass is 666 g/mol. The highest BCUT2D eigenvalue weighted by Gasteiger charge is 2.33. The van der Waals surface area contributed by atoms with E-state index < -0.39 is 12.0 Å². The average molecular weight is 668 g/mol. The number of fused-ring (bicyclic) bond motifs is 1. The molecule has 5 rings (SSSR count). The molecule has 0 fully saturated rings. The van der Waals surface area contributed by atoms with Crippen molar-refractivity contribution in [3.05, 3.63) is 119 Å². The lowest BCUT2D eigenvalue weighted by molar-refractivity contribution is -0.139. The third kappa shape index (κ3) is 6.28. The minimum atomic E-state index is -0.753. The molecule has 0 radical (unpaired) electrons. The van der Waals surface area contributed by atoms with Gasteiger partial charge < -0.3 is 18.9 Å². The number of rotatable bonds is 9. The van der Waals surface area contributed by atoms with E-state index in [0.29, 0.717) is 53.5 Å². The smallest absolute Gasteiger partial charge is 0.338 e. The summed E-state index contributed by atoms with van der Waals surface area (Å²) in [5.41, 5.74) is 2.69. The molecule has 222 valence electrons. The number of halogens is 2. The van der Waals surface area contributed by atoms with Gasteiger partial charge in [-0.15, -0.1) is 0 Å². The second-order valence-electron chi connectivity index (χ2n) is 9.52. The molecule has 0 saturated heterocycles. The molecule has 2 heterocycles. The Bertz CT molecular complexity index is 1900. The summed E-state index contributed by atoms with van der Waals surface area (Å²) in [6.45, 7) is 3.89. The fourth-order valence-corrected chi connectivity index (χ4v) is 6.35. The Kier molecular flexibility index (Phi) is 9.12. The van der Waals surface area contributed by atoms with Crippen molar-refractivity contribution >= 4 is 39.3 Å². The molecule has 3 aromatic carbocycles. The van der Waals surface area contributed by atoms with Crippen LogP contribution in [-0.2, 0) is 16.1 Å². The number of methoxy groups -OCH3 is 2. The molecule has 0 aliphatic carbocycles. The topological polar surface area (TPSA) is 88.4 Å². The summed E-state index contributed by atoms with van der Waals surface area (Å²) in [6, 6.07) is 16.1. The number of benzene rings is 3. The molecule has 0 bridgehead atoms. The third-order valence-corrected chi connectivity index (χ3v) is 8.40. The predicted molar refractivity (Wildman–Crippen MR) is 165 cm³/mol. The summed E-state index contributed by atoms with van der Waals surface area (Å²) in [6.07, 6.45) is 1.75. The zero-order chi connectivity index (χ0) is 30.7. The first-order valence-electron chi connectivity index (χ1n) is 13.3. The number of allylic oxidation sites excluding steroid dienone is 1. The first-order valence-corrected chi connectivity index (χ1v) is 14.9. The van der Waals surface area contributed by atoms with E-state index in [4.69, 9.17) is 18.9 Å². The second kappa shape index (κ2) is 13.0. The molecular formula is C32H28BrFN2O6S. The molecule has 43 heavy (non-hydrogen) atoms. The highest BCUT2D eigenvalue weighted by Crippen LogP contribution is 2.35.